The summed E-state index contributed by atoms with van der Waals surface area (Å²) in [6, 6.07) is 6.04. The third-order valence-electron chi connectivity index (χ3n) is 3.98. The fourth-order valence-corrected chi connectivity index (χ4v) is 2.59. The zero-order valence-corrected chi connectivity index (χ0v) is 12.4. The van der Waals surface area contributed by atoms with Crippen LogP contribution in [0.25, 0.3) is 11.1 Å². The molecule has 0 bridgehead atoms. The lowest BCUT2D eigenvalue weighted by molar-refractivity contribution is -0.144. The van der Waals surface area contributed by atoms with E-state index >= 15 is 0 Å². The fourth-order valence-electron chi connectivity index (χ4n) is 2.59. The van der Waals surface area contributed by atoms with Gasteiger partial charge in [-0.3, -0.25) is 9.89 Å². The molecule has 6 heteroatoms. The second-order valence-electron chi connectivity index (χ2n) is 5.66. The minimum atomic E-state index is -0.816. The highest BCUT2D eigenvalue weighted by atomic mass is 19.1. The van der Waals surface area contributed by atoms with Gasteiger partial charge >= 0.3 is 0 Å². The molecule has 2 aromatic rings. The molecular weight excluding hydrogens is 285 g/mol. The third-order valence-corrected chi connectivity index (χ3v) is 3.98. The number of amides is 1. The number of hydrogen-bond acceptors (Lipinski definition) is 3. The van der Waals surface area contributed by atoms with Crippen LogP contribution >= 0.6 is 0 Å². The molecule has 1 fully saturated rings. The Morgan fingerprint density at radius 2 is 2.14 bits per heavy atom. The molecule has 2 N–H and O–H groups in total. The van der Waals surface area contributed by atoms with Crippen molar-refractivity contribution in [1.82, 2.24) is 10.2 Å². The first-order chi connectivity index (χ1) is 10.6. The number of hydrogen-bond donors (Lipinski definition) is 2. The summed E-state index contributed by atoms with van der Waals surface area (Å²) in [6.45, 7) is 2.40. The monoisotopic (exact) mass is 303 g/mol. The summed E-state index contributed by atoms with van der Waals surface area (Å²) in [6.07, 6.45) is 4.25. The molecule has 116 valence electrons. The molecule has 3 rings (SSSR count). The molecule has 2 heterocycles. The molecule has 1 unspecified atom stereocenters. The van der Waals surface area contributed by atoms with E-state index in [1.165, 1.54) is 12.1 Å². The van der Waals surface area contributed by atoms with Gasteiger partial charge in [-0.05, 0) is 43.9 Å². The van der Waals surface area contributed by atoms with Crippen molar-refractivity contribution in [3.8, 4) is 11.1 Å². The van der Waals surface area contributed by atoms with Crippen LogP contribution in [0.4, 0.5) is 10.2 Å². The molecule has 1 aromatic heterocycles. The van der Waals surface area contributed by atoms with Crippen LogP contribution in [-0.4, -0.2) is 28.3 Å². The largest absolute Gasteiger partial charge is 0.365 e. The molecule has 1 aromatic carbocycles. The summed E-state index contributed by atoms with van der Waals surface area (Å²) in [5, 5.41) is 9.58. The maximum Gasteiger partial charge on any atom is 0.257 e. The number of carbonyl (C=O) groups is 1. The van der Waals surface area contributed by atoms with Gasteiger partial charge in [-0.15, -0.1) is 0 Å². The van der Waals surface area contributed by atoms with Gasteiger partial charge in [0.1, 0.15) is 17.2 Å². The SMILES string of the molecule is CC1(C(=O)Nc2[nH]ncc2-c2ccc(F)cc2)CCCCO1. The van der Waals surface area contributed by atoms with Gasteiger partial charge in [-0.2, -0.15) is 5.10 Å². The van der Waals surface area contributed by atoms with Crippen molar-refractivity contribution in [2.24, 2.45) is 0 Å². The maximum atomic E-state index is 13.0. The van der Waals surface area contributed by atoms with Crippen molar-refractivity contribution >= 4 is 11.7 Å². The van der Waals surface area contributed by atoms with E-state index in [1.54, 1.807) is 25.3 Å². The number of aromatic amines is 1. The standard InChI is InChI=1S/C16H18FN3O2/c1-16(8-2-3-9-22-16)15(21)19-14-13(10-18-20-14)11-4-6-12(17)7-5-11/h4-7,10H,2-3,8-9H2,1H3,(H2,18,19,20,21). The number of benzene rings is 1. The van der Waals surface area contributed by atoms with E-state index in [4.69, 9.17) is 4.74 Å². The predicted octanol–water partition coefficient (Wildman–Crippen LogP) is 3.11. The Balaban J connectivity index is 1.80. The van der Waals surface area contributed by atoms with E-state index in [1.807, 2.05) is 0 Å². The van der Waals surface area contributed by atoms with Crippen molar-refractivity contribution in [2.45, 2.75) is 31.8 Å². The van der Waals surface area contributed by atoms with Gasteiger partial charge in [0.15, 0.2) is 0 Å². The summed E-state index contributed by atoms with van der Waals surface area (Å²) in [5.74, 6) is -0.00670. The average Bonchev–Trinajstić information content (AvgIpc) is 2.97. The number of aromatic nitrogens is 2. The lowest BCUT2D eigenvalue weighted by atomic mass is 9.95. The third kappa shape index (κ3) is 2.87. The number of nitrogens with zero attached hydrogens (tertiary/aromatic N) is 1. The molecule has 0 radical (unpaired) electrons. The van der Waals surface area contributed by atoms with E-state index < -0.39 is 5.60 Å². The predicted molar refractivity (Wildman–Crippen MR) is 80.8 cm³/mol. The van der Waals surface area contributed by atoms with Crippen molar-refractivity contribution in [1.29, 1.82) is 0 Å². The van der Waals surface area contributed by atoms with Crippen LogP contribution in [0.5, 0.6) is 0 Å². The molecule has 0 saturated carbocycles. The van der Waals surface area contributed by atoms with E-state index in [2.05, 4.69) is 15.5 Å². The molecule has 0 spiro atoms. The van der Waals surface area contributed by atoms with Gasteiger partial charge < -0.3 is 10.1 Å². The molecular formula is C16H18FN3O2. The zero-order valence-electron chi connectivity index (χ0n) is 12.4. The lowest BCUT2D eigenvalue weighted by Gasteiger charge is -2.32. The highest BCUT2D eigenvalue weighted by molar-refractivity contribution is 5.99. The fraction of sp³-hybridized carbons (Fsp3) is 0.375. The number of H-pyrrole nitrogens is 1. The Bertz CT molecular complexity index is 660. The second kappa shape index (κ2) is 5.88. The quantitative estimate of drug-likeness (QED) is 0.915. The highest BCUT2D eigenvalue weighted by Crippen LogP contribution is 2.29. The average molecular weight is 303 g/mol. The molecule has 22 heavy (non-hydrogen) atoms. The van der Waals surface area contributed by atoms with E-state index in [0.717, 1.165) is 18.4 Å². The molecule has 1 amide bonds. The van der Waals surface area contributed by atoms with Gasteiger partial charge in [-0.25, -0.2) is 4.39 Å². The van der Waals surface area contributed by atoms with Crippen molar-refractivity contribution in [3.05, 3.63) is 36.3 Å². The first-order valence-corrected chi connectivity index (χ1v) is 7.33. The van der Waals surface area contributed by atoms with Crippen LogP contribution in [0.3, 0.4) is 0 Å². The molecule has 1 atom stereocenters. The molecule has 1 saturated heterocycles. The van der Waals surface area contributed by atoms with Gasteiger partial charge in [0, 0.05) is 12.2 Å². The molecule has 5 nitrogen and oxygen atoms in total. The van der Waals surface area contributed by atoms with Crippen molar-refractivity contribution in [2.75, 3.05) is 11.9 Å². The zero-order chi connectivity index (χ0) is 15.6. The number of nitrogens with one attached hydrogen (secondary N) is 2. The van der Waals surface area contributed by atoms with E-state index in [9.17, 15) is 9.18 Å². The van der Waals surface area contributed by atoms with Crippen LogP contribution in [0.1, 0.15) is 26.2 Å². The number of rotatable bonds is 3. The first kappa shape index (κ1) is 14.7. The Hall–Kier alpha value is -2.21. The van der Waals surface area contributed by atoms with Gasteiger partial charge in [0.05, 0.1) is 6.20 Å². The van der Waals surface area contributed by atoms with Crippen molar-refractivity contribution < 1.29 is 13.9 Å². The van der Waals surface area contributed by atoms with Gasteiger partial charge in [-0.1, -0.05) is 12.1 Å². The Morgan fingerprint density at radius 3 is 2.82 bits per heavy atom. The highest BCUT2D eigenvalue weighted by Gasteiger charge is 2.36. The van der Waals surface area contributed by atoms with E-state index in [-0.39, 0.29) is 11.7 Å². The smallest absolute Gasteiger partial charge is 0.257 e. The normalized spacial score (nSPS) is 21.5. The molecule has 0 aliphatic carbocycles. The topological polar surface area (TPSA) is 67.0 Å². The summed E-state index contributed by atoms with van der Waals surface area (Å²) in [7, 11) is 0. The van der Waals surface area contributed by atoms with Gasteiger partial charge in [0.25, 0.3) is 5.91 Å². The number of ether oxygens (including phenoxy) is 1. The van der Waals surface area contributed by atoms with Crippen LogP contribution < -0.4 is 5.32 Å². The summed E-state index contributed by atoms with van der Waals surface area (Å²) in [5.41, 5.74) is 0.677. The van der Waals surface area contributed by atoms with Crippen LogP contribution in [0.2, 0.25) is 0 Å². The molecule has 1 aliphatic rings. The summed E-state index contributed by atoms with van der Waals surface area (Å²) >= 11 is 0. The van der Waals surface area contributed by atoms with Crippen LogP contribution in [0.15, 0.2) is 30.5 Å². The Kier molecular flexibility index (Phi) is 3.94. The Labute approximate surface area is 127 Å². The number of anilines is 1. The summed E-state index contributed by atoms with van der Waals surface area (Å²) < 4.78 is 18.7. The first-order valence-electron chi connectivity index (χ1n) is 7.33. The van der Waals surface area contributed by atoms with Crippen LogP contribution in [-0.2, 0) is 9.53 Å². The molecule has 1 aliphatic heterocycles. The second-order valence-corrected chi connectivity index (χ2v) is 5.66. The van der Waals surface area contributed by atoms with E-state index in [0.29, 0.717) is 24.4 Å². The van der Waals surface area contributed by atoms with Gasteiger partial charge in [0.2, 0.25) is 0 Å². The number of halogens is 1. The van der Waals surface area contributed by atoms with Crippen LogP contribution in [0, 0.1) is 5.82 Å². The maximum absolute atomic E-state index is 13.0. The minimum Gasteiger partial charge on any atom is -0.365 e. The lowest BCUT2D eigenvalue weighted by Crippen LogP contribution is -2.45. The minimum absolute atomic E-state index is 0.195. The van der Waals surface area contributed by atoms with Crippen molar-refractivity contribution in [3.63, 3.8) is 0 Å². The number of carbonyl (C=O) groups excluding carboxylic acids is 1. The summed E-state index contributed by atoms with van der Waals surface area (Å²) in [4.78, 5) is 12.5. The Morgan fingerprint density at radius 1 is 1.36 bits per heavy atom.